The number of carboxylic acids is 1. The number of nitrogens with zero attached hydrogens (tertiary/aromatic N) is 2. The van der Waals surface area contributed by atoms with Gasteiger partial charge in [0.05, 0.1) is 6.54 Å². The first-order chi connectivity index (χ1) is 9.09. The molecule has 104 valence electrons. The minimum absolute atomic E-state index is 0.194. The van der Waals surface area contributed by atoms with Crippen LogP contribution >= 0.6 is 11.3 Å². The van der Waals surface area contributed by atoms with Gasteiger partial charge < -0.3 is 14.9 Å². The highest BCUT2D eigenvalue weighted by atomic mass is 32.1. The molecule has 1 unspecified atom stereocenters. The van der Waals surface area contributed by atoms with Crippen molar-refractivity contribution in [1.82, 2.24) is 9.80 Å². The number of urea groups is 1. The molecule has 1 fully saturated rings. The molecule has 0 aromatic carbocycles. The van der Waals surface area contributed by atoms with Crippen molar-refractivity contribution in [3.63, 3.8) is 0 Å². The maximum Gasteiger partial charge on any atom is 0.326 e. The van der Waals surface area contributed by atoms with Gasteiger partial charge in [-0.15, -0.1) is 11.3 Å². The summed E-state index contributed by atoms with van der Waals surface area (Å²) in [5.74, 6) is -0.905. The van der Waals surface area contributed by atoms with E-state index in [0.717, 1.165) is 17.7 Å². The number of hydrogen-bond donors (Lipinski definition) is 1. The molecule has 0 aliphatic carbocycles. The van der Waals surface area contributed by atoms with Crippen molar-refractivity contribution in [2.24, 2.45) is 0 Å². The highest BCUT2D eigenvalue weighted by Gasteiger charge is 2.33. The van der Waals surface area contributed by atoms with E-state index in [1.54, 1.807) is 23.3 Å². The SMILES string of the molecule is CN(Cc1cccs1)C(=O)N1CCCCC1C(=O)O. The van der Waals surface area contributed by atoms with Gasteiger partial charge in [-0.3, -0.25) is 0 Å². The summed E-state index contributed by atoms with van der Waals surface area (Å²) in [6, 6.07) is 3.05. The summed E-state index contributed by atoms with van der Waals surface area (Å²) >= 11 is 1.59. The average molecular weight is 282 g/mol. The molecular weight excluding hydrogens is 264 g/mol. The van der Waals surface area contributed by atoms with Gasteiger partial charge in [0.25, 0.3) is 0 Å². The lowest BCUT2D eigenvalue weighted by atomic mass is 10.0. The summed E-state index contributed by atoms with van der Waals surface area (Å²) in [6.07, 6.45) is 2.30. The Morgan fingerprint density at radius 3 is 2.95 bits per heavy atom. The van der Waals surface area contributed by atoms with E-state index in [4.69, 9.17) is 0 Å². The van der Waals surface area contributed by atoms with Crippen LogP contribution in [0.3, 0.4) is 0 Å². The zero-order valence-corrected chi connectivity index (χ0v) is 11.7. The maximum absolute atomic E-state index is 12.3. The van der Waals surface area contributed by atoms with Crippen LogP contribution in [0.2, 0.25) is 0 Å². The van der Waals surface area contributed by atoms with Crippen LogP contribution in [-0.2, 0) is 11.3 Å². The molecule has 1 aliphatic rings. The van der Waals surface area contributed by atoms with Gasteiger partial charge in [-0.1, -0.05) is 6.07 Å². The first-order valence-corrected chi connectivity index (χ1v) is 7.24. The molecule has 0 bridgehead atoms. The predicted molar refractivity (Wildman–Crippen MR) is 73.2 cm³/mol. The topological polar surface area (TPSA) is 60.9 Å². The number of aliphatic carboxylic acids is 1. The highest BCUT2D eigenvalue weighted by molar-refractivity contribution is 7.09. The predicted octanol–water partition coefficient (Wildman–Crippen LogP) is 2.24. The normalized spacial score (nSPS) is 19.2. The molecule has 1 aromatic heterocycles. The van der Waals surface area contributed by atoms with Crippen LogP contribution in [0.1, 0.15) is 24.1 Å². The van der Waals surface area contributed by atoms with Crippen molar-refractivity contribution < 1.29 is 14.7 Å². The third-order valence-electron chi connectivity index (χ3n) is 3.33. The van der Waals surface area contributed by atoms with Crippen molar-refractivity contribution in [2.45, 2.75) is 31.8 Å². The Hall–Kier alpha value is -1.56. The number of amides is 2. The van der Waals surface area contributed by atoms with E-state index in [1.807, 2.05) is 17.5 Å². The second-order valence-electron chi connectivity index (χ2n) is 4.76. The number of thiophene rings is 1. The minimum Gasteiger partial charge on any atom is -0.480 e. The lowest BCUT2D eigenvalue weighted by Crippen LogP contribution is -2.52. The van der Waals surface area contributed by atoms with E-state index in [0.29, 0.717) is 19.5 Å². The Labute approximate surface area is 116 Å². The highest BCUT2D eigenvalue weighted by Crippen LogP contribution is 2.20. The summed E-state index contributed by atoms with van der Waals surface area (Å²) in [5, 5.41) is 11.2. The van der Waals surface area contributed by atoms with E-state index < -0.39 is 12.0 Å². The Bertz CT molecular complexity index is 447. The van der Waals surface area contributed by atoms with Crippen LogP contribution in [-0.4, -0.2) is 46.5 Å². The van der Waals surface area contributed by atoms with Crippen molar-refractivity contribution >= 4 is 23.3 Å². The third-order valence-corrected chi connectivity index (χ3v) is 4.19. The van der Waals surface area contributed by atoms with Gasteiger partial charge in [0.1, 0.15) is 6.04 Å². The van der Waals surface area contributed by atoms with Crippen LogP contribution in [0, 0.1) is 0 Å². The number of likely N-dealkylation sites (tertiary alicyclic amines) is 1. The Morgan fingerprint density at radius 2 is 2.32 bits per heavy atom. The molecule has 19 heavy (non-hydrogen) atoms. The molecule has 1 atom stereocenters. The molecule has 2 rings (SSSR count). The van der Waals surface area contributed by atoms with Crippen LogP contribution in [0.25, 0.3) is 0 Å². The lowest BCUT2D eigenvalue weighted by molar-refractivity contribution is -0.143. The van der Waals surface area contributed by atoms with Crippen molar-refractivity contribution in [3.8, 4) is 0 Å². The van der Waals surface area contributed by atoms with E-state index >= 15 is 0 Å². The fourth-order valence-corrected chi connectivity index (χ4v) is 3.10. The molecule has 0 spiro atoms. The number of rotatable bonds is 3. The van der Waals surface area contributed by atoms with Crippen molar-refractivity contribution in [1.29, 1.82) is 0 Å². The molecule has 0 radical (unpaired) electrons. The molecule has 2 heterocycles. The van der Waals surface area contributed by atoms with E-state index in [2.05, 4.69) is 0 Å². The van der Waals surface area contributed by atoms with Gasteiger partial charge in [-0.25, -0.2) is 9.59 Å². The van der Waals surface area contributed by atoms with Gasteiger partial charge in [0.2, 0.25) is 0 Å². The average Bonchev–Trinajstić information content (AvgIpc) is 2.90. The quantitative estimate of drug-likeness (QED) is 0.925. The summed E-state index contributed by atoms with van der Waals surface area (Å²) in [6.45, 7) is 1.06. The second kappa shape index (κ2) is 6.06. The first-order valence-electron chi connectivity index (χ1n) is 6.36. The number of carbonyl (C=O) groups is 2. The maximum atomic E-state index is 12.3. The summed E-state index contributed by atoms with van der Waals surface area (Å²) in [5.41, 5.74) is 0. The summed E-state index contributed by atoms with van der Waals surface area (Å²) < 4.78 is 0. The van der Waals surface area contributed by atoms with E-state index in [9.17, 15) is 14.7 Å². The monoisotopic (exact) mass is 282 g/mol. The molecule has 1 aromatic rings. The van der Waals surface area contributed by atoms with Crippen molar-refractivity contribution in [3.05, 3.63) is 22.4 Å². The molecule has 0 saturated carbocycles. The number of carbonyl (C=O) groups excluding carboxylic acids is 1. The zero-order chi connectivity index (χ0) is 13.8. The lowest BCUT2D eigenvalue weighted by Gasteiger charge is -2.35. The fourth-order valence-electron chi connectivity index (χ4n) is 2.34. The zero-order valence-electron chi connectivity index (χ0n) is 10.9. The largest absolute Gasteiger partial charge is 0.480 e. The molecule has 1 saturated heterocycles. The molecule has 6 heteroatoms. The second-order valence-corrected chi connectivity index (χ2v) is 5.79. The summed E-state index contributed by atoms with van der Waals surface area (Å²) in [4.78, 5) is 27.7. The van der Waals surface area contributed by atoms with Crippen LogP contribution < -0.4 is 0 Å². The number of carboxylic acid groups (broad SMARTS) is 1. The van der Waals surface area contributed by atoms with E-state index in [1.165, 1.54) is 4.90 Å². The minimum atomic E-state index is -0.905. The third kappa shape index (κ3) is 3.26. The summed E-state index contributed by atoms with van der Waals surface area (Å²) in [7, 11) is 1.72. The number of piperidine rings is 1. The van der Waals surface area contributed by atoms with Crippen LogP contribution in [0.5, 0.6) is 0 Å². The van der Waals surface area contributed by atoms with Gasteiger partial charge in [-0.2, -0.15) is 0 Å². The molecular formula is C13H18N2O3S. The van der Waals surface area contributed by atoms with Crippen LogP contribution in [0.15, 0.2) is 17.5 Å². The van der Waals surface area contributed by atoms with Crippen LogP contribution in [0.4, 0.5) is 4.79 Å². The molecule has 2 amide bonds. The fraction of sp³-hybridized carbons (Fsp3) is 0.538. The van der Waals surface area contributed by atoms with Gasteiger partial charge >= 0.3 is 12.0 Å². The first kappa shape index (κ1) is 13.9. The molecule has 1 aliphatic heterocycles. The van der Waals surface area contributed by atoms with Gasteiger partial charge in [-0.05, 0) is 30.7 Å². The van der Waals surface area contributed by atoms with Gasteiger partial charge in [0.15, 0.2) is 0 Å². The van der Waals surface area contributed by atoms with Gasteiger partial charge in [0, 0.05) is 18.5 Å². The smallest absolute Gasteiger partial charge is 0.326 e. The molecule has 1 N–H and O–H groups in total. The van der Waals surface area contributed by atoms with Crippen molar-refractivity contribution in [2.75, 3.05) is 13.6 Å². The van der Waals surface area contributed by atoms with E-state index in [-0.39, 0.29) is 6.03 Å². The standard InChI is InChI=1S/C13H18N2O3S/c1-14(9-10-5-4-8-19-10)13(18)15-7-3-2-6-11(15)12(16)17/h4-5,8,11H,2-3,6-7,9H2,1H3,(H,16,17). The Morgan fingerprint density at radius 1 is 1.53 bits per heavy atom. The number of hydrogen-bond acceptors (Lipinski definition) is 3. The Balaban J connectivity index is 2.02. The molecule has 5 nitrogen and oxygen atoms in total. The Kier molecular flexibility index (Phi) is 4.42.